The minimum Gasteiger partial charge on any atom is -0.371 e. The summed E-state index contributed by atoms with van der Waals surface area (Å²) in [5.74, 6) is 0.951. The summed E-state index contributed by atoms with van der Waals surface area (Å²) in [5.41, 5.74) is 0.265. The van der Waals surface area contributed by atoms with Crippen LogP contribution in [0.15, 0.2) is 29.3 Å². The van der Waals surface area contributed by atoms with Crippen molar-refractivity contribution in [3.8, 4) is 0 Å². The Morgan fingerprint density at radius 1 is 1.28 bits per heavy atom. The Bertz CT molecular complexity index is 435. The molecule has 0 radical (unpaired) electrons. The minimum absolute atomic E-state index is 0.0646. The highest BCUT2D eigenvalue weighted by atomic mass is 19.4. The van der Waals surface area contributed by atoms with Gasteiger partial charge in [0.1, 0.15) is 5.84 Å². The second-order valence-corrected chi connectivity index (χ2v) is 4.27. The van der Waals surface area contributed by atoms with Gasteiger partial charge in [-0.25, -0.2) is 0 Å². The summed E-state index contributed by atoms with van der Waals surface area (Å²) in [7, 11) is 0. The smallest absolute Gasteiger partial charge is 0.371 e. The zero-order chi connectivity index (χ0) is 13.2. The molecule has 0 aromatic heterocycles. The number of nitrogens with zero attached hydrogens (tertiary/aromatic N) is 1. The molecule has 0 amide bonds. The lowest BCUT2D eigenvalue weighted by Gasteiger charge is -2.17. The Morgan fingerprint density at radius 2 is 1.94 bits per heavy atom. The number of alkyl halides is 3. The average Bonchev–Trinajstić information content (AvgIpc) is 2.83. The van der Waals surface area contributed by atoms with Crippen molar-refractivity contribution in [3.63, 3.8) is 0 Å². The second-order valence-electron chi connectivity index (χ2n) is 4.27. The molecule has 98 valence electrons. The first-order valence-corrected chi connectivity index (χ1v) is 5.97. The Hall–Kier alpha value is -1.52. The van der Waals surface area contributed by atoms with Crippen molar-refractivity contribution < 1.29 is 13.2 Å². The van der Waals surface area contributed by atoms with Crippen molar-refractivity contribution in [1.82, 2.24) is 5.32 Å². The molecule has 0 bridgehead atoms. The fraction of sp³-hybridized carbons (Fsp3) is 0.462. The van der Waals surface area contributed by atoms with Gasteiger partial charge in [0.2, 0.25) is 0 Å². The van der Waals surface area contributed by atoms with Crippen LogP contribution in [0.3, 0.4) is 0 Å². The van der Waals surface area contributed by atoms with Crippen LogP contribution in [0.4, 0.5) is 13.2 Å². The first kappa shape index (κ1) is 12.9. The molecule has 1 heterocycles. The molecule has 0 aliphatic carbocycles. The average molecular weight is 256 g/mol. The zero-order valence-corrected chi connectivity index (χ0v) is 10.1. The van der Waals surface area contributed by atoms with E-state index in [4.69, 9.17) is 0 Å². The van der Waals surface area contributed by atoms with Crippen LogP contribution >= 0.6 is 0 Å². The molecule has 2 nitrogen and oxygen atoms in total. The number of hydrogen-bond donors (Lipinski definition) is 1. The van der Waals surface area contributed by atoms with Crippen LogP contribution in [0.25, 0.3) is 0 Å². The quantitative estimate of drug-likeness (QED) is 0.882. The molecule has 0 fully saturated rings. The monoisotopic (exact) mass is 256 g/mol. The van der Waals surface area contributed by atoms with Crippen LogP contribution < -0.4 is 5.32 Å². The van der Waals surface area contributed by atoms with E-state index in [1.807, 2.05) is 6.92 Å². The number of hydrogen-bond acceptors (Lipinski definition) is 2. The third-order valence-electron chi connectivity index (χ3n) is 3.08. The van der Waals surface area contributed by atoms with Crippen LogP contribution in [0.1, 0.15) is 30.4 Å². The van der Waals surface area contributed by atoms with Gasteiger partial charge in [-0.3, -0.25) is 4.99 Å². The molecule has 1 atom stereocenters. The van der Waals surface area contributed by atoms with Gasteiger partial charge in [-0.15, -0.1) is 0 Å². The van der Waals surface area contributed by atoms with Crippen LogP contribution in [0.2, 0.25) is 0 Å². The highest BCUT2D eigenvalue weighted by Gasteiger charge is 2.30. The first-order valence-electron chi connectivity index (χ1n) is 5.97. The van der Waals surface area contributed by atoms with E-state index in [1.165, 1.54) is 0 Å². The van der Waals surface area contributed by atoms with E-state index in [0.717, 1.165) is 43.0 Å². The van der Waals surface area contributed by atoms with E-state index in [2.05, 4.69) is 10.3 Å². The topological polar surface area (TPSA) is 24.4 Å². The lowest BCUT2D eigenvalue weighted by molar-refractivity contribution is -0.137. The van der Waals surface area contributed by atoms with Gasteiger partial charge in [-0.05, 0) is 24.1 Å². The standard InChI is InChI=1S/C13H15F3N2/c1-2-11(12-17-7-8-18-12)9-3-5-10(6-4-9)13(14,15)16/h3-6,11H,2,7-8H2,1H3,(H,17,18). The van der Waals surface area contributed by atoms with E-state index in [0.29, 0.717) is 0 Å². The fourth-order valence-corrected chi connectivity index (χ4v) is 2.14. The zero-order valence-electron chi connectivity index (χ0n) is 10.1. The van der Waals surface area contributed by atoms with Gasteiger partial charge in [-0.2, -0.15) is 13.2 Å². The SMILES string of the molecule is CCC(C1=NCCN1)c1ccc(C(F)(F)F)cc1. The summed E-state index contributed by atoms with van der Waals surface area (Å²) in [6.07, 6.45) is -3.46. The van der Waals surface area contributed by atoms with Crippen molar-refractivity contribution in [2.45, 2.75) is 25.4 Å². The number of amidine groups is 1. The highest BCUT2D eigenvalue weighted by Crippen LogP contribution is 2.31. The predicted octanol–water partition coefficient (Wildman–Crippen LogP) is 3.20. The molecular weight excluding hydrogens is 241 g/mol. The third-order valence-corrected chi connectivity index (χ3v) is 3.08. The Labute approximate surface area is 104 Å². The van der Waals surface area contributed by atoms with Gasteiger partial charge in [0.05, 0.1) is 12.1 Å². The number of aliphatic imine (C=N–C) groups is 1. The molecule has 1 aliphatic heterocycles. The van der Waals surface area contributed by atoms with Gasteiger partial charge >= 0.3 is 6.18 Å². The van der Waals surface area contributed by atoms with Gasteiger partial charge in [0.15, 0.2) is 0 Å². The molecule has 1 aliphatic rings. The molecule has 1 unspecified atom stereocenters. The van der Waals surface area contributed by atoms with Gasteiger partial charge in [0, 0.05) is 12.5 Å². The third kappa shape index (κ3) is 2.66. The van der Waals surface area contributed by atoms with E-state index >= 15 is 0 Å². The Balaban J connectivity index is 2.22. The Kier molecular flexibility index (Phi) is 3.59. The predicted molar refractivity (Wildman–Crippen MR) is 64.8 cm³/mol. The number of nitrogens with one attached hydrogen (secondary N) is 1. The fourth-order valence-electron chi connectivity index (χ4n) is 2.14. The highest BCUT2D eigenvalue weighted by molar-refractivity contribution is 5.90. The molecule has 18 heavy (non-hydrogen) atoms. The molecule has 1 aromatic carbocycles. The molecule has 0 saturated carbocycles. The van der Waals surface area contributed by atoms with E-state index in [9.17, 15) is 13.2 Å². The number of halogens is 3. The number of benzene rings is 1. The van der Waals surface area contributed by atoms with Crippen LogP contribution in [-0.4, -0.2) is 18.9 Å². The summed E-state index contributed by atoms with van der Waals surface area (Å²) in [6, 6.07) is 5.35. The minimum atomic E-state index is -4.27. The maximum Gasteiger partial charge on any atom is 0.416 e. The van der Waals surface area contributed by atoms with Gasteiger partial charge in [0.25, 0.3) is 0 Å². The maximum atomic E-state index is 12.5. The molecular formula is C13H15F3N2. The molecule has 1 aromatic rings. The van der Waals surface area contributed by atoms with Crippen LogP contribution in [0.5, 0.6) is 0 Å². The maximum absolute atomic E-state index is 12.5. The van der Waals surface area contributed by atoms with Gasteiger partial charge < -0.3 is 5.32 Å². The number of rotatable bonds is 3. The van der Waals surface area contributed by atoms with Gasteiger partial charge in [-0.1, -0.05) is 19.1 Å². The lowest BCUT2D eigenvalue weighted by atomic mass is 9.94. The molecule has 5 heteroatoms. The van der Waals surface area contributed by atoms with Crippen molar-refractivity contribution >= 4 is 5.84 Å². The molecule has 1 N–H and O–H groups in total. The van der Waals surface area contributed by atoms with Crippen LogP contribution in [0, 0.1) is 0 Å². The largest absolute Gasteiger partial charge is 0.416 e. The molecule has 0 spiro atoms. The van der Waals surface area contributed by atoms with Crippen molar-refractivity contribution in [2.24, 2.45) is 4.99 Å². The summed E-state index contributed by atoms with van der Waals surface area (Å²) in [4.78, 5) is 4.34. The summed E-state index contributed by atoms with van der Waals surface area (Å²) >= 11 is 0. The van der Waals surface area contributed by atoms with E-state index in [1.54, 1.807) is 12.1 Å². The van der Waals surface area contributed by atoms with E-state index < -0.39 is 11.7 Å². The summed E-state index contributed by atoms with van der Waals surface area (Å²) < 4.78 is 37.4. The van der Waals surface area contributed by atoms with Crippen molar-refractivity contribution in [2.75, 3.05) is 13.1 Å². The normalized spacial score (nSPS) is 17.2. The summed E-state index contributed by atoms with van der Waals surface area (Å²) in [6.45, 7) is 3.56. The molecule has 2 rings (SSSR count). The van der Waals surface area contributed by atoms with Crippen LogP contribution in [-0.2, 0) is 6.18 Å². The van der Waals surface area contributed by atoms with Crippen molar-refractivity contribution in [3.05, 3.63) is 35.4 Å². The summed E-state index contributed by atoms with van der Waals surface area (Å²) in [5, 5.41) is 3.18. The van der Waals surface area contributed by atoms with E-state index in [-0.39, 0.29) is 5.92 Å². The molecule has 0 saturated heterocycles. The first-order chi connectivity index (χ1) is 8.52. The second kappa shape index (κ2) is 5.00. The Morgan fingerprint density at radius 3 is 2.39 bits per heavy atom. The lowest BCUT2D eigenvalue weighted by Crippen LogP contribution is -2.25. The van der Waals surface area contributed by atoms with Crippen molar-refractivity contribution in [1.29, 1.82) is 0 Å².